The van der Waals surface area contributed by atoms with Gasteiger partial charge in [-0.15, -0.1) is 0 Å². The van der Waals surface area contributed by atoms with Crippen LogP contribution in [-0.4, -0.2) is 54.6 Å². The van der Waals surface area contributed by atoms with Gasteiger partial charge in [0.05, 0.1) is 12.5 Å². The molecule has 1 aromatic rings. The molecule has 2 amide bonds. The van der Waals surface area contributed by atoms with Crippen LogP contribution in [0.15, 0.2) is 18.2 Å². The molecule has 3 rings (SSSR count). The smallest absolute Gasteiger partial charge is 0.311 e. The molecule has 0 spiro atoms. The third-order valence-corrected chi connectivity index (χ3v) is 5.36. The Morgan fingerprint density at radius 3 is 2.73 bits per heavy atom. The number of nitrogens with zero attached hydrogens (tertiary/aromatic N) is 1. The number of aliphatic carboxylic acids is 1. The summed E-state index contributed by atoms with van der Waals surface area (Å²) in [5, 5.41) is 9.65. The van der Waals surface area contributed by atoms with Crippen molar-refractivity contribution in [2.75, 3.05) is 26.8 Å². The van der Waals surface area contributed by atoms with E-state index in [-0.39, 0.29) is 25.0 Å². The fraction of sp³-hybridized carbons (Fsp3) is 0.500. The molecule has 2 fully saturated rings. The molecule has 1 saturated carbocycles. The first-order valence-electron chi connectivity index (χ1n) is 8.49. The molecular formula is C18H22N2O6. The van der Waals surface area contributed by atoms with Gasteiger partial charge in [0.25, 0.3) is 11.8 Å². The number of carboxylic acid groups (broad SMARTS) is 1. The van der Waals surface area contributed by atoms with E-state index < -0.39 is 17.3 Å². The molecule has 0 aromatic heterocycles. The molecule has 0 radical (unpaired) electrons. The van der Waals surface area contributed by atoms with E-state index in [1.54, 1.807) is 17.0 Å². The first-order chi connectivity index (χ1) is 12.4. The van der Waals surface area contributed by atoms with Crippen LogP contribution in [-0.2, 0) is 9.59 Å². The van der Waals surface area contributed by atoms with E-state index in [2.05, 4.69) is 0 Å². The van der Waals surface area contributed by atoms with Crippen LogP contribution < -0.4 is 15.2 Å². The number of ether oxygens (including phenoxy) is 2. The first kappa shape index (κ1) is 18.0. The van der Waals surface area contributed by atoms with Gasteiger partial charge in [-0.2, -0.15) is 0 Å². The second kappa shape index (κ2) is 6.86. The number of carbonyl (C=O) groups is 3. The quantitative estimate of drug-likeness (QED) is 0.775. The highest BCUT2D eigenvalue weighted by Gasteiger charge is 2.55. The molecule has 1 saturated heterocycles. The number of rotatable bonds is 6. The Bertz CT molecular complexity index is 749. The molecule has 1 aliphatic carbocycles. The van der Waals surface area contributed by atoms with Crippen molar-refractivity contribution in [3.63, 3.8) is 0 Å². The van der Waals surface area contributed by atoms with Crippen molar-refractivity contribution in [3.05, 3.63) is 23.8 Å². The van der Waals surface area contributed by atoms with Crippen molar-refractivity contribution >= 4 is 17.8 Å². The van der Waals surface area contributed by atoms with E-state index in [1.807, 2.05) is 0 Å². The highest BCUT2D eigenvalue weighted by Crippen LogP contribution is 2.49. The van der Waals surface area contributed by atoms with Gasteiger partial charge < -0.3 is 25.2 Å². The lowest BCUT2D eigenvalue weighted by molar-refractivity contribution is -0.149. The molecule has 8 nitrogen and oxygen atoms in total. The van der Waals surface area contributed by atoms with E-state index in [0.29, 0.717) is 30.0 Å². The van der Waals surface area contributed by atoms with Crippen LogP contribution in [0.4, 0.5) is 0 Å². The van der Waals surface area contributed by atoms with Crippen molar-refractivity contribution in [3.8, 4) is 11.5 Å². The molecule has 140 valence electrons. The minimum absolute atomic E-state index is 0.00372. The summed E-state index contributed by atoms with van der Waals surface area (Å²) >= 11 is 0. The van der Waals surface area contributed by atoms with Crippen molar-refractivity contribution in [1.29, 1.82) is 0 Å². The summed E-state index contributed by atoms with van der Waals surface area (Å²) in [6, 6.07) is 4.64. The monoisotopic (exact) mass is 362 g/mol. The van der Waals surface area contributed by atoms with Crippen LogP contribution in [0, 0.1) is 11.3 Å². The zero-order valence-electron chi connectivity index (χ0n) is 14.6. The molecule has 0 bridgehead atoms. The van der Waals surface area contributed by atoms with E-state index in [9.17, 15) is 19.5 Å². The minimum Gasteiger partial charge on any atom is -0.493 e. The number of carboxylic acids is 1. The van der Waals surface area contributed by atoms with Gasteiger partial charge in [0.15, 0.2) is 18.1 Å². The van der Waals surface area contributed by atoms with Gasteiger partial charge in [0.1, 0.15) is 0 Å². The summed E-state index contributed by atoms with van der Waals surface area (Å²) in [5.74, 6) is -1.05. The second-order valence-corrected chi connectivity index (χ2v) is 6.86. The van der Waals surface area contributed by atoms with Gasteiger partial charge in [0, 0.05) is 18.7 Å². The topological polar surface area (TPSA) is 119 Å². The van der Waals surface area contributed by atoms with Gasteiger partial charge in [-0.05, 0) is 37.0 Å². The van der Waals surface area contributed by atoms with E-state index >= 15 is 0 Å². The van der Waals surface area contributed by atoms with E-state index in [0.717, 1.165) is 12.8 Å². The number of fused-ring (bicyclic) bond motifs is 1. The van der Waals surface area contributed by atoms with Crippen LogP contribution in [0.25, 0.3) is 0 Å². The zero-order valence-corrected chi connectivity index (χ0v) is 14.6. The molecule has 0 unspecified atom stereocenters. The predicted molar refractivity (Wildman–Crippen MR) is 91.0 cm³/mol. The first-order valence-corrected chi connectivity index (χ1v) is 8.49. The lowest BCUT2D eigenvalue weighted by Gasteiger charge is -2.23. The molecule has 1 aliphatic heterocycles. The SMILES string of the molecule is COc1cc(C(=O)N2C[C@@H]3CCC[C@@]3(C(=O)O)C2)ccc1OCC(N)=O. The number of methoxy groups -OCH3 is 1. The maximum atomic E-state index is 12.9. The maximum Gasteiger partial charge on any atom is 0.311 e. The number of primary amides is 1. The highest BCUT2D eigenvalue weighted by molar-refractivity contribution is 5.96. The Balaban J connectivity index is 1.78. The van der Waals surface area contributed by atoms with E-state index in [4.69, 9.17) is 15.2 Å². The molecule has 1 heterocycles. The van der Waals surface area contributed by atoms with Crippen LogP contribution in [0.1, 0.15) is 29.6 Å². The Hall–Kier alpha value is -2.77. The largest absolute Gasteiger partial charge is 0.493 e. The third kappa shape index (κ3) is 3.07. The Kier molecular flexibility index (Phi) is 4.76. The molecule has 3 N–H and O–H groups in total. The molecule has 2 atom stereocenters. The normalized spacial score (nSPS) is 24.2. The fourth-order valence-corrected chi connectivity index (χ4v) is 4.04. The standard InChI is InChI=1S/C18H22N2O6/c1-25-14-7-11(4-5-13(14)26-9-15(19)21)16(22)20-8-12-3-2-6-18(12,10-20)17(23)24/h4-5,7,12H,2-3,6,8-10H2,1H3,(H2,19,21)(H,23,24)/t12-,18+/m0/s1. The lowest BCUT2D eigenvalue weighted by Crippen LogP contribution is -2.37. The van der Waals surface area contributed by atoms with Crippen LogP contribution >= 0.6 is 0 Å². The average Bonchev–Trinajstić information content (AvgIpc) is 3.17. The van der Waals surface area contributed by atoms with Gasteiger partial charge in [-0.25, -0.2) is 0 Å². The van der Waals surface area contributed by atoms with E-state index in [1.165, 1.54) is 13.2 Å². The maximum absolute atomic E-state index is 12.9. The van der Waals surface area contributed by atoms with Crippen molar-refractivity contribution < 1.29 is 29.0 Å². The number of benzene rings is 1. The molecular weight excluding hydrogens is 340 g/mol. The number of nitrogens with two attached hydrogens (primary N) is 1. The summed E-state index contributed by atoms with van der Waals surface area (Å²) in [5.41, 5.74) is 4.63. The molecule has 8 heteroatoms. The number of hydrogen-bond acceptors (Lipinski definition) is 5. The summed E-state index contributed by atoms with van der Waals surface area (Å²) in [4.78, 5) is 37.1. The molecule has 26 heavy (non-hydrogen) atoms. The predicted octanol–water partition coefficient (Wildman–Crippen LogP) is 0.886. The summed E-state index contributed by atoms with van der Waals surface area (Å²) in [7, 11) is 1.43. The number of hydrogen-bond donors (Lipinski definition) is 2. The minimum atomic E-state index is -0.817. The van der Waals surface area contributed by atoms with Gasteiger partial charge in [-0.1, -0.05) is 6.42 Å². The second-order valence-electron chi connectivity index (χ2n) is 6.86. The van der Waals surface area contributed by atoms with Crippen LogP contribution in [0.2, 0.25) is 0 Å². The van der Waals surface area contributed by atoms with Crippen LogP contribution in [0.3, 0.4) is 0 Å². The highest BCUT2D eigenvalue weighted by atomic mass is 16.5. The number of likely N-dealkylation sites (tertiary alicyclic amines) is 1. The van der Waals surface area contributed by atoms with Gasteiger partial charge >= 0.3 is 5.97 Å². The molecule has 2 aliphatic rings. The fourth-order valence-electron chi connectivity index (χ4n) is 4.04. The summed E-state index contributed by atoms with van der Waals surface area (Å²) in [6.45, 7) is 0.389. The number of amides is 2. The third-order valence-electron chi connectivity index (χ3n) is 5.36. The van der Waals surface area contributed by atoms with Crippen molar-refractivity contribution in [2.45, 2.75) is 19.3 Å². The molecule has 1 aromatic carbocycles. The zero-order chi connectivity index (χ0) is 18.9. The summed E-state index contributed by atoms with van der Waals surface area (Å²) in [6.07, 6.45) is 2.33. The summed E-state index contributed by atoms with van der Waals surface area (Å²) < 4.78 is 10.5. The Morgan fingerprint density at radius 1 is 1.35 bits per heavy atom. The van der Waals surface area contributed by atoms with Crippen molar-refractivity contribution in [2.24, 2.45) is 17.1 Å². The van der Waals surface area contributed by atoms with Crippen molar-refractivity contribution in [1.82, 2.24) is 4.90 Å². The average molecular weight is 362 g/mol. The number of carbonyl (C=O) groups excluding carboxylic acids is 2. The Morgan fingerprint density at radius 2 is 2.12 bits per heavy atom. The lowest BCUT2D eigenvalue weighted by atomic mass is 9.81. The van der Waals surface area contributed by atoms with Gasteiger partial charge in [0.2, 0.25) is 0 Å². The van der Waals surface area contributed by atoms with Crippen LogP contribution in [0.5, 0.6) is 11.5 Å². The Labute approximate surface area is 150 Å². The van der Waals surface area contributed by atoms with Gasteiger partial charge in [-0.3, -0.25) is 14.4 Å².